The van der Waals surface area contributed by atoms with Crippen molar-refractivity contribution in [2.24, 2.45) is 5.92 Å². The van der Waals surface area contributed by atoms with E-state index in [9.17, 15) is 4.79 Å². The number of nitrogens with one attached hydrogen (secondary N) is 1. The van der Waals surface area contributed by atoms with Gasteiger partial charge in [-0.15, -0.1) is 0 Å². The molecule has 116 valence electrons. The van der Waals surface area contributed by atoms with E-state index < -0.39 is 0 Å². The molecule has 1 aromatic rings. The van der Waals surface area contributed by atoms with Crippen LogP contribution in [0, 0.1) is 5.92 Å². The van der Waals surface area contributed by atoms with Gasteiger partial charge in [0.25, 0.3) is 0 Å². The molecule has 1 N–H and O–H groups in total. The predicted molar refractivity (Wildman–Crippen MR) is 85.5 cm³/mol. The molecule has 2 unspecified atom stereocenters. The van der Waals surface area contributed by atoms with Crippen LogP contribution in [0.15, 0.2) is 24.3 Å². The fraction of sp³-hybridized carbons (Fsp3) is 0.588. The molecule has 1 aromatic carbocycles. The van der Waals surface area contributed by atoms with Crippen molar-refractivity contribution in [3.63, 3.8) is 0 Å². The Labute approximate surface area is 132 Å². The lowest BCUT2D eigenvalue weighted by atomic mass is 9.88. The largest absolute Gasteiger partial charge is 0.376 e. The van der Waals surface area contributed by atoms with Crippen LogP contribution < -0.4 is 5.32 Å². The molecule has 0 bridgehead atoms. The molecule has 0 aliphatic heterocycles. The van der Waals surface area contributed by atoms with Gasteiger partial charge in [-0.2, -0.15) is 0 Å². The molecule has 0 aromatic heterocycles. The number of ether oxygens (including phenoxy) is 1. The molecule has 21 heavy (non-hydrogen) atoms. The third-order valence-corrected chi connectivity index (χ3v) is 4.47. The first-order valence-corrected chi connectivity index (χ1v) is 8.16. The average Bonchev–Trinajstić information content (AvgIpc) is 2.48. The summed E-state index contributed by atoms with van der Waals surface area (Å²) in [5.41, 5.74) is 0.860. The molecule has 4 heteroatoms. The molecular formula is C17H24ClNO2. The van der Waals surface area contributed by atoms with E-state index in [1.807, 2.05) is 18.2 Å². The molecule has 3 nitrogen and oxygen atoms in total. The maximum atomic E-state index is 11.9. The van der Waals surface area contributed by atoms with Gasteiger partial charge in [0, 0.05) is 11.6 Å². The van der Waals surface area contributed by atoms with Crippen LogP contribution >= 0.6 is 11.6 Å². The van der Waals surface area contributed by atoms with E-state index in [-0.39, 0.29) is 5.91 Å². The fourth-order valence-electron chi connectivity index (χ4n) is 2.81. The Morgan fingerprint density at radius 1 is 1.33 bits per heavy atom. The van der Waals surface area contributed by atoms with Crippen molar-refractivity contribution in [3.8, 4) is 0 Å². The van der Waals surface area contributed by atoms with Gasteiger partial charge >= 0.3 is 0 Å². The zero-order valence-corrected chi connectivity index (χ0v) is 13.4. The number of halogens is 1. The molecule has 0 radical (unpaired) electrons. The summed E-state index contributed by atoms with van der Waals surface area (Å²) < 4.78 is 5.88. The number of hydrogen-bond acceptors (Lipinski definition) is 2. The van der Waals surface area contributed by atoms with Gasteiger partial charge in [-0.1, -0.05) is 49.6 Å². The zero-order chi connectivity index (χ0) is 15.1. The number of carbonyl (C=O) groups is 1. The van der Waals surface area contributed by atoms with E-state index >= 15 is 0 Å². The summed E-state index contributed by atoms with van der Waals surface area (Å²) in [5, 5.41) is 3.53. The third kappa shape index (κ3) is 5.33. The van der Waals surface area contributed by atoms with Crippen LogP contribution in [0.1, 0.15) is 38.2 Å². The Kier molecular flexibility index (Phi) is 6.52. The van der Waals surface area contributed by atoms with Gasteiger partial charge in [0.15, 0.2) is 0 Å². The van der Waals surface area contributed by atoms with Crippen LogP contribution in [-0.2, 0) is 16.0 Å². The summed E-state index contributed by atoms with van der Waals surface area (Å²) in [5.74, 6) is 0.626. The first kappa shape index (κ1) is 16.3. The summed E-state index contributed by atoms with van der Waals surface area (Å²) in [6, 6.07) is 7.44. The Morgan fingerprint density at radius 2 is 2.10 bits per heavy atom. The summed E-state index contributed by atoms with van der Waals surface area (Å²) in [4.78, 5) is 11.9. The first-order valence-electron chi connectivity index (χ1n) is 7.78. The number of amides is 1. The average molecular weight is 310 g/mol. The van der Waals surface area contributed by atoms with Crippen molar-refractivity contribution < 1.29 is 9.53 Å². The van der Waals surface area contributed by atoms with Crippen LogP contribution in [0.25, 0.3) is 0 Å². The van der Waals surface area contributed by atoms with Crippen LogP contribution in [0.3, 0.4) is 0 Å². The first-order chi connectivity index (χ1) is 10.2. The van der Waals surface area contributed by atoms with Gasteiger partial charge in [-0.05, 0) is 30.4 Å². The lowest BCUT2D eigenvalue weighted by molar-refractivity contribution is -0.120. The number of hydrogen-bond donors (Lipinski definition) is 1. The quantitative estimate of drug-likeness (QED) is 0.815. The smallest absolute Gasteiger partial charge is 0.224 e. The van der Waals surface area contributed by atoms with Crippen LogP contribution in [-0.4, -0.2) is 25.2 Å². The lowest BCUT2D eigenvalue weighted by Crippen LogP contribution is -2.32. The standard InChI is InChI=1S/C17H24ClNO2/c1-13-6-2-5-9-16(13)21-11-10-19-17(20)12-14-7-3-4-8-15(14)18/h3-4,7-8,13,16H,2,5-6,9-12H2,1H3,(H,19,20). The molecular weight excluding hydrogens is 286 g/mol. The molecule has 1 aliphatic carbocycles. The van der Waals surface area contributed by atoms with Crippen LogP contribution in [0.5, 0.6) is 0 Å². The summed E-state index contributed by atoms with van der Waals surface area (Å²) in [7, 11) is 0. The van der Waals surface area contributed by atoms with Gasteiger partial charge in [0.1, 0.15) is 0 Å². The van der Waals surface area contributed by atoms with E-state index in [0.717, 1.165) is 12.0 Å². The van der Waals surface area contributed by atoms with Gasteiger partial charge < -0.3 is 10.1 Å². The maximum absolute atomic E-state index is 11.9. The minimum atomic E-state index is -0.0107. The number of rotatable bonds is 6. The Balaban J connectivity index is 1.64. The molecule has 0 saturated heterocycles. The second-order valence-electron chi connectivity index (χ2n) is 5.79. The van der Waals surface area contributed by atoms with Crippen LogP contribution in [0.4, 0.5) is 0 Å². The monoisotopic (exact) mass is 309 g/mol. The SMILES string of the molecule is CC1CCCCC1OCCNC(=O)Cc1ccccc1Cl. The highest BCUT2D eigenvalue weighted by atomic mass is 35.5. The predicted octanol–water partition coefficient (Wildman–Crippen LogP) is 3.59. The van der Waals surface area contributed by atoms with E-state index in [1.165, 1.54) is 19.3 Å². The topological polar surface area (TPSA) is 38.3 Å². The molecule has 2 atom stereocenters. The van der Waals surface area contributed by atoms with Crippen molar-refractivity contribution in [2.45, 2.75) is 45.1 Å². The molecule has 2 rings (SSSR count). The highest BCUT2D eigenvalue weighted by Crippen LogP contribution is 2.25. The second-order valence-corrected chi connectivity index (χ2v) is 6.20. The van der Waals surface area contributed by atoms with Crippen molar-refractivity contribution in [2.75, 3.05) is 13.2 Å². The zero-order valence-electron chi connectivity index (χ0n) is 12.6. The van der Waals surface area contributed by atoms with Crippen LogP contribution in [0.2, 0.25) is 5.02 Å². The van der Waals surface area contributed by atoms with Crippen molar-refractivity contribution in [3.05, 3.63) is 34.9 Å². The van der Waals surface area contributed by atoms with E-state index in [0.29, 0.717) is 36.6 Å². The molecule has 1 aliphatic rings. The van der Waals surface area contributed by atoms with E-state index in [4.69, 9.17) is 16.3 Å². The minimum Gasteiger partial charge on any atom is -0.376 e. The van der Waals surface area contributed by atoms with Gasteiger partial charge in [-0.25, -0.2) is 0 Å². The lowest BCUT2D eigenvalue weighted by Gasteiger charge is -2.28. The molecule has 1 amide bonds. The number of carbonyl (C=O) groups excluding carboxylic acids is 1. The summed E-state index contributed by atoms with van der Waals surface area (Å²) in [6.07, 6.45) is 5.65. The molecule has 1 fully saturated rings. The Bertz CT molecular complexity index is 464. The van der Waals surface area contributed by atoms with E-state index in [2.05, 4.69) is 12.2 Å². The molecule has 0 heterocycles. The highest BCUT2D eigenvalue weighted by Gasteiger charge is 2.21. The van der Waals surface area contributed by atoms with Crippen molar-refractivity contribution in [1.82, 2.24) is 5.32 Å². The Hall–Kier alpha value is -1.06. The fourth-order valence-corrected chi connectivity index (χ4v) is 3.01. The summed E-state index contributed by atoms with van der Waals surface area (Å²) >= 11 is 6.04. The molecule has 1 saturated carbocycles. The number of benzene rings is 1. The van der Waals surface area contributed by atoms with Gasteiger partial charge in [0.05, 0.1) is 19.1 Å². The van der Waals surface area contributed by atoms with Crippen molar-refractivity contribution >= 4 is 17.5 Å². The van der Waals surface area contributed by atoms with Gasteiger partial charge in [0.2, 0.25) is 5.91 Å². The molecule has 0 spiro atoms. The minimum absolute atomic E-state index is 0.0107. The highest BCUT2D eigenvalue weighted by molar-refractivity contribution is 6.31. The normalized spacial score (nSPS) is 22.0. The van der Waals surface area contributed by atoms with Crippen molar-refractivity contribution in [1.29, 1.82) is 0 Å². The second kappa shape index (κ2) is 8.40. The third-order valence-electron chi connectivity index (χ3n) is 4.10. The Morgan fingerprint density at radius 3 is 2.86 bits per heavy atom. The maximum Gasteiger partial charge on any atom is 0.224 e. The summed E-state index contributed by atoms with van der Waals surface area (Å²) in [6.45, 7) is 3.40. The van der Waals surface area contributed by atoms with Gasteiger partial charge in [-0.3, -0.25) is 4.79 Å². The van der Waals surface area contributed by atoms with E-state index in [1.54, 1.807) is 6.07 Å².